The van der Waals surface area contributed by atoms with Crippen LogP contribution in [-0.4, -0.2) is 267 Å². The smallest absolute Gasteiger partial charge is 0.404 e. The molecule has 2 aliphatic rings. The van der Waals surface area contributed by atoms with Crippen molar-refractivity contribution < 1.29 is 103 Å². The summed E-state index contributed by atoms with van der Waals surface area (Å²) in [7, 11) is 0.254. The molecule has 25 N–H and O–H groups in total. The fourth-order valence-corrected chi connectivity index (χ4v) is 12.1. The first kappa shape index (κ1) is 77.7. The van der Waals surface area contributed by atoms with Crippen LogP contribution in [0.1, 0.15) is 88.8 Å². The third kappa shape index (κ3) is 20.6. The predicted octanol–water partition coefficient (Wildman–Crippen LogP) is -7.70. The molecule has 2 fully saturated rings. The summed E-state index contributed by atoms with van der Waals surface area (Å²) in [5.41, 5.74) is 28.1. The number of hydrogen-bond acceptors (Lipinski definition) is 31. The maximum Gasteiger partial charge on any atom is 0.404 e. The number of aromatic nitrogens is 6. The number of aliphatic hydroxyl groups is 8. The van der Waals surface area contributed by atoms with Crippen LogP contribution >= 0.6 is 22.7 Å². The Morgan fingerprint density at radius 1 is 0.781 bits per heavy atom. The Labute approximate surface area is 559 Å². The monoisotopic (exact) mass is 1410 g/mol. The lowest BCUT2D eigenvalue weighted by atomic mass is 9.96. The van der Waals surface area contributed by atoms with E-state index in [0.717, 1.165) is 24.7 Å². The Morgan fingerprint density at radius 3 is 2.09 bits per heavy atom. The molecule has 0 unspecified atom stereocenters. The standard InChI is InChI=1S/C55H83N17O21S3/c1-20-33(69-46(72-44(20)58)25(12-31(57)76)64-13-24(56)45(59)82)50(86)71-35(41(26-14-61-19-65-26)91-54-43(39(80)37(78)29(15-73)90-54)92-53-40(81)42(93-55(60)88)38(79)30(16-74)89-53)51(87)66-22(3)36(77)21(2)47(83)70-34(23(4)75)49(85)63-10-8-32-67-28(18-94-32)52-68-27(17-95-52)48(84)62-9-7-11-96(5)6/h14,17-19,21-25,29-30,34-43,53-54,64,73-75,77-81H,7-13,15-16,56H2,1-6H3,(H13-,57,58,59,60,61,62,63,65,66,69,70,71,72,76,82,83,84,85,86,87,88)/p+1/t21-,22+,23+,24-,25-,29-,30+,34-,35-,36+,37+,38+,39-,40-,41+,42-,43-,53+,54-/m0/s1. The van der Waals surface area contributed by atoms with E-state index in [2.05, 4.69) is 74.3 Å². The van der Waals surface area contributed by atoms with E-state index in [1.165, 1.54) is 50.4 Å². The SMILES string of the molecule is Cc1c(N)nc([C@H](CC(N)=O)NC[C@H](N)C(N)=O)nc1C(=O)N[C@H](C(=O)N[C@H](C)[C@H](O)[C@H](C)C(=O)N[C@H](C(=O)NCCc1nc(-c2nc(C(=O)NCCC[S+](C)C)cs2)cs1)[C@@H](C)O)[C@H](O[C@@H]1O[C@@H](CO)[C@@H](O)[C@H](O)[C@@H]1O[C@H]1O[C@H](CO)[C@@H](O)[C@H](OC(N)=O)[C@@H]1O)c1cnc[nH]1. The van der Waals surface area contributed by atoms with Gasteiger partial charge in [0.1, 0.15) is 100 Å². The summed E-state index contributed by atoms with van der Waals surface area (Å²) in [6, 6.07) is -7.85. The molecule has 532 valence electrons. The number of thiazole rings is 2. The number of imidazole rings is 1. The largest absolute Gasteiger partial charge is 0.441 e. The summed E-state index contributed by atoms with van der Waals surface area (Å²) >= 11 is 2.52. The van der Waals surface area contributed by atoms with Crippen LogP contribution in [0.2, 0.25) is 0 Å². The molecule has 0 saturated carbocycles. The zero-order valence-corrected chi connectivity index (χ0v) is 55.3. The number of nitrogen functional groups attached to an aromatic ring is 1. The van der Waals surface area contributed by atoms with E-state index in [1.807, 2.05) is 0 Å². The number of rotatable bonds is 35. The summed E-state index contributed by atoms with van der Waals surface area (Å²) in [6.07, 6.45) is -20.0. The van der Waals surface area contributed by atoms with Gasteiger partial charge in [0.2, 0.25) is 29.5 Å². The second-order valence-electron chi connectivity index (χ2n) is 22.8. The highest BCUT2D eigenvalue weighted by molar-refractivity contribution is 7.95. The lowest BCUT2D eigenvalue weighted by Crippen LogP contribution is -2.65. The fourth-order valence-electron chi connectivity index (χ4n) is 9.80. The Kier molecular flexibility index (Phi) is 29.0. The number of aliphatic hydroxyl groups excluding tert-OH is 8. The molecule has 2 saturated heterocycles. The number of anilines is 1. The number of carbonyl (C=O) groups excluding carboxylic acids is 8. The van der Waals surface area contributed by atoms with Crippen LogP contribution < -0.4 is 60.6 Å². The van der Waals surface area contributed by atoms with Gasteiger partial charge in [0.15, 0.2) is 18.7 Å². The van der Waals surface area contributed by atoms with Crippen molar-refractivity contribution in [3.8, 4) is 10.7 Å². The van der Waals surface area contributed by atoms with Crippen molar-refractivity contribution >= 4 is 86.8 Å². The maximum atomic E-state index is 15.2. The number of aromatic amines is 1. The summed E-state index contributed by atoms with van der Waals surface area (Å²) in [6.45, 7) is 3.18. The summed E-state index contributed by atoms with van der Waals surface area (Å²) in [5, 5.41) is 108. The van der Waals surface area contributed by atoms with E-state index in [9.17, 15) is 74.4 Å². The van der Waals surface area contributed by atoms with Gasteiger partial charge in [0.25, 0.3) is 11.8 Å². The molecule has 41 heteroatoms. The van der Waals surface area contributed by atoms with E-state index in [0.29, 0.717) is 22.3 Å². The third-order valence-corrected chi connectivity index (χ3v) is 18.2. The molecule has 96 heavy (non-hydrogen) atoms. The minimum Gasteiger partial charge on any atom is -0.441 e. The van der Waals surface area contributed by atoms with Crippen molar-refractivity contribution in [3.05, 3.63) is 56.8 Å². The van der Waals surface area contributed by atoms with Gasteiger partial charge in [-0.15, -0.1) is 22.7 Å². The number of amides is 8. The number of nitrogens with zero attached hydrogens (tertiary/aromatic N) is 5. The topological polar surface area (TPSA) is 627 Å². The van der Waals surface area contributed by atoms with Crippen LogP contribution in [0.4, 0.5) is 10.6 Å². The normalized spacial score (nSPS) is 24.0. The van der Waals surface area contributed by atoms with Gasteiger partial charge >= 0.3 is 6.09 Å². The molecule has 2 aliphatic heterocycles. The van der Waals surface area contributed by atoms with Gasteiger partial charge in [-0.2, -0.15) is 0 Å². The molecular weight excluding hydrogens is 1330 g/mol. The van der Waals surface area contributed by atoms with Crippen molar-refractivity contribution in [2.45, 2.75) is 157 Å². The number of carbonyl (C=O) groups is 8. The van der Waals surface area contributed by atoms with Crippen molar-refractivity contribution in [1.82, 2.24) is 61.8 Å². The molecule has 0 aliphatic carbocycles. The van der Waals surface area contributed by atoms with E-state index in [1.54, 1.807) is 10.8 Å². The highest BCUT2D eigenvalue weighted by Gasteiger charge is 2.54. The molecule has 6 heterocycles. The molecule has 0 bridgehead atoms. The van der Waals surface area contributed by atoms with Crippen LogP contribution in [0.15, 0.2) is 23.3 Å². The summed E-state index contributed by atoms with van der Waals surface area (Å²) < 4.78 is 28.7. The first-order chi connectivity index (χ1) is 45.3. The van der Waals surface area contributed by atoms with Crippen LogP contribution in [0.5, 0.6) is 0 Å². The highest BCUT2D eigenvalue weighted by Crippen LogP contribution is 2.35. The third-order valence-electron chi connectivity index (χ3n) is 15.3. The molecule has 0 radical (unpaired) electrons. The molecule has 38 nitrogen and oxygen atoms in total. The van der Waals surface area contributed by atoms with Gasteiger partial charge < -0.3 is 130 Å². The van der Waals surface area contributed by atoms with Gasteiger partial charge in [-0.3, -0.25) is 33.6 Å². The first-order valence-electron chi connectivity index (χ1n) is 29.8. The zero-order chi connectivity index (χ0) is 71.0. The molecule has 4 aromatic rings. The fraction of sp³-hybridized carbons (Fsp3) is 0.618. The van der Waals surface area contributed by atoms with Crippen molar-refractivity contribution in [2.75, 3.05) is 56.8 Å². The van der Waals surface area contributed by atoms with E-state index < -0.39 is 183 Å². The predicted molar refractivity (Wildman–Crippen MR) is 339 cm³/mol. The Balaban J connectivity index is 1.26. The summed E-state index contributed by atoms with van der Waals surface area (Å²) in [5.74, 6) is -7.69. The molecule has 0 spiro atoms. The summed E-state index contributed by atoms with van der Waals surface area (Å²) in [4.78, 5) is 131. The average Bonchev–Trinajstić information content (AvgIpc) is 0.885. The number of hydrogen-bond donors (Lipinski definition) is 20. The minimum absolute atomic E-state index is 0.00498. The van der Waals surface area contributed by atoms with Crippen LogP contribution in [-0.2, 0) is 65.0 Å². The van der Waals surface area contributed by atoms with E-state index in [-0.39, 0.29) is 64.9 Å². The molecule has 6 rings (SSSR count). The number of H-pyrrole nitrogens is 1. The quantitative estimate of drug-likeness (QED) is 0.0150. The highest BCUT2D eigenvalue weighted by atomic mass is 32.2. The van der Waals surface area contributed by atoms with Gasteiger partial charge in [-0.25, -0.2) is 29.7 Å². The molecule has 0 aromatic carbocycles. The van der Waals surface area contributed by atoms with E-state index in [4.69, 9.17) is 52.4 Å². The minimum atomic E-state index is -2.20. The maximum absolute atomic E-state index is 15.2. The lowest BCUT2D eigenvalue weighted by molar-refractivity contribution is -0.372. The first-order valence-corrected chi connectivity index (χ1v) is 33.8. The van der Waals surface area contributed by atoms with Gasteiger partial charge in [0.05, 0.1) is 85.2 Å². The molecule has 8 amide bonds. The van der Waals surface area contributed by atoms with Crippen LogP contribution in [0.25, 0.3) is 10.7 Å². The van der Waals surface area contributed by atoms with E-state index >= 15 is 4.79 Å². The molecule has 19 atom stereocenters. The molecular formula is C55H84N17O21S3+. The van der Waals surface area contributed by atoms with Gasteiger partial charge in [0, 0.05) is 55.2 Å². The lowest BCUT2D eigenvalue weighted by Gasteiger charge is -2.47. The van der Waals surface area contributed by atoms with Gasteiger partial charge in [-0.05, 0) is 31.7 Å². The molecule has 4 aromatic heterocycles. The Bertz CT molecular complexity index is 3280. The second-order valence-corrected chi connectivity index (χ2v) is 27.0. The van der Waals surface area contributed by atoms with Crippen LogP contribution in [0.3, 0.4) is 0 Å². The van der Waals surface area contributed by atoms with Crippen molar-refractivity contribution in [2.24, 2.45) is 28.9 Å². The Hall–Kier alpha value is -7.30. The van der Waals surface area contributed by atoms with Crippen molar-refractivity contribution in [3.63, 3.8) is 0 Å². The number of primary amides is 3. The second kappa shape index (κ2) is 35.8. The van der Waals surface area contributed by atoms with Crippen LogP contribution in [0, 0.1) is 12.8 Å². The number of nitrogens with one attached hydrogen (secondary N) is 7. The zero-order valence-electron chi connectivity index (χ0n) is 52.9. The van der Waals surface area contributed by atoms with Crippen molar-refractivity contribution in [1.29, 1.82) is 0 Å². The Morgan fingerprint density at radius 2 is 1.47 bits per heavy atom. The average molecular weight is 1420 g/mol. The number of nitrogens with two attached hydrogens (primary N) is 5. The van der Waals surface area contributed by atoms with Gasteiger partial charge in [-0.1, -0.05) is 6.92 Å². The number of ether oxygens (including phenoxy) is 5.